The molecule has 0 bridgehead atoms. The van der Waals surface area contributed by atoms with E-state index in [1.165, 1.54) is 5.38 Å². The first kappa shape index (κ1) is 16.2. The molecule has 2 amide bonds. The second-order valence-corrected chi connectivity index (χ2v) is 4.74. The molecule has 112 valence electrons. The summed E-state index contributed by atoms with van der Waals surface area (Å²) < 4.78 is 38.6. The number of rotatable bonds is 5. The van der Waals surface area contributed by atoms with Crippen LogP contribution in [0.4, 0.5) is 18.0 Å². The quantitative estimate of drug-likeness (QED) is 0.773. The normalized spacial score (nSPS) is 12.8. The molecular formula is C10H12F3N3O3S. The van der Waals surface area contributed by atoms with Gasteiger partial charge in [0.05, 0.1) is 6.42 Å². The highest BCUT2D eigenvalue weighted by Gasteiger charge is 2.43. The maximum Gasteiger partial charge on any atom is 0.415 e. The first-order valence-electron chi connectivity index (χ1n) is 5.45. The number of thiazole rings is 1. The third kappa shape index (κ3) is 5.03. The minimum absolute atomic E-state index is 0.261. The summed E-state index contributed by atoms with van der Waals surface area (Å²) in [5.41, 5.74) is 0.423. The number of carboxylic acid groups (broad SMARTS) is 1. The van der Waals surface area contributed by atoms with Crippen LogP contribution < -0.4 is 10.6 Å². The summed E-state index contributed by atoms with van der Waals surface area (Å²) in [5, 5.41) is 13.3. The van der Waals surface area contributed by atoms with Crippen LogP contribution in [-0.4, -0.2) is 34.8 Å². The van der Waals surface area contributed by atoms with Gasteiger partial charge in [-0.25, -0.2) is 9.78 Å². The average molecular weight is 311 g/mol. The molecule has 0 saturated carbocycles. The molecule has 0 saturated heterocycles. The van der Waals surface area contributed by atoms with Gasteiger partial charge in [-0.3, -0.25) is 4.79 Å². The number of carbonyl (C=O) groups is 2. The number of halogens is 3. The van der Waals surface area contributed by atoms with E-state index in [9.17, 15) is 22.8 Å². The van der Waals surface area contributed by atoms with E-state index in [2.05, 4.69) is 4.98 Å². The maximum absolute atomic E-state index is 12.9. The second kappa shape index (κ2) is 6.55. The number of aromatic nitrogens is 1. The molecule has 1 heterocycles. The van der Waals surface area contributed by atoms with Crippen molar-refractivity contribution in [2.24, 2.45) is 0 Å². The molecular weight excluding hydrogens is 299 g/mol. The summed E-state index contributed by atoms with van der Waals surface area (Å²) in [4.78, 5) is 25.3. The van der Waals surface area contributed by atoms with E-state index >= 15 is 0 Å². The van der Waals surface area contributed by atoms with E-state index in [0.717, 1.165) is 11.3 Å². The first-order valence-corrected chi connectivity index (χ1v) is 6.33. The first-order chi connectivity index (χ1) is 9.20. The molecule has 0 aliphatic heterocycles. The SMILES string of the molecule is Cc1csc(C(NC(=O)NCCC(=O)O)C(F)(F)F)n1. The van der Waals surface area contributed by atoms with Crippen LogP contribution in [0, 0.1) is 6.92 Å². The van der Waals surface area contributed by atoms with E-state index in [-0.39, 0.29) is 18.0 Å². The molecule has 6 nitrogen and oxygen atoms in total. The van der Waals surface area contributed by atoms with Gasteiger partial charge in [-0.2, -0.15) is 13.2 Å². The highest BCUT2D eigenvalue weighted by atomic mass is 32.1. The average Bonchev–Trinajstić information content (AvgIpc) is 2.70. The molecule has 0 aromatic carbocycles. The molecule has 1 atom stereocenters. The van der Waals surface area contributed by atoms with Gasteiger partial charge in [0.1, 0.15) is 5.01 Å². The fourth-order valence-corrected chi connectivity index (χ4v) is 2.12. The van der Waals surface area contributed by atoms with E-state index in [1.807, 2.05) is 5.32 Å². The van der Waals surface area contributed by atoms with E-state index in [4.69, 9.17) is 5.11 Å². The number of carboxylic acids is 1. The number of hydrogen-bond donors (Lipinski definition) is 3. The lowest BCUT2D eigenvalue weighted by Gasteiger charge is -2.19. The van der Waals surface area contributed by atoms with Gasteiger partial charge < -0.3 is 15.7 Å². The number of aryl methyl sites for hydroxylation is 1. The Labute approximate surface area is 116 Å². The number of urea groups is 1. The molecule has 0 aliphatic rings. The highest BCUT2D eigenvalue weighted by molar-refractivity contribution is 7.09. The van der Waals surface area contributed by atoms with Gasteiger partial charge in [-0.05, 0) is 6.92 Å². The van der Waals surface area contributed by atoms with Crippen LogP contribution in [-0.2, 0) is 4.79 Å². The zero-order valence-electron chi connectivity index (χ0n) is 10.3. The molecule has 10 heteroatoms. The largest absolute Gasteiger partial charge is 0.481 e. The molecule has 0 spiro atoms. The lowest BCUT2D eigenvalue weighted by Crippen LogP contribution is -2.44. The van der Waals surface area contributed by atoms with Crippen LogP contribution in [0.2, 0.25) is 0 Å². The Balaban J connectivity index is 2.67. The Morgan fingerprint density at radius 1 is 1.50 bits per heavy atom. The zero-order valence-corrected chi connectivity index (χ0v) is 11.1. The Bertz CT molecular complexity index is 490. The number of aliphatic carboxylic acids is 1. The number of nitrogens with one attached hydrogen (secondary N) is 2. The number of nitrogens with zero attached hydrogens (tertiary/aromatic N) is 1. The molecule has 20 heavy (non-hydrogen) atoms. The smallest absolute Gasteiger partial charge is 0.415 e. The number of carbonyl (C=O) groups excluding carboxylic acids is 1. The van der Waals surface area contributed by atoms with Crippen molar-refractivity contribution in [2.75, 3.05) is 6.54 Å². The molecule has 0 fully saturated rings. The van der Waals surface area contributed by atoms with Crippen molar-refractivity contribution in [3.63, 3.8) is 0 Å². The molecule has 0 aliphatic carbocycles. The Morgan fingerprint density at radius 3 is 2.60 bits per heavy atom. The minimum atomic E-state index is -4.69. The molecule has 1 aromatic heterocycles. The summed E-state index contributed by atoms with van der Waals surface area (Å²) in [6.45, 7) is 1.28. The van der Waals surface area contributed by atoms with Gasteiger partial charge >= 0.3 is 18.2 Å². The van der Waals surface area contributed by atoms with Gasteiger partial charge in [0.2, 0.25) is 0 Å². The lowest BCUT2D eigenvalue weighted by atomic mass is 10.3. The lowest BCUT2D eigenvalue weighted by molar-refractivity contribution is -0.155. The molecule has 1 unspecified atom stereocenters. The highest BCUT2D eigenvalue weighted by Crippen LogP contribution is 2.34. The number of hydrogen-bond acceptors (Lipinski definition) is 4. The van der Waals surface area contributed by atoms with Gasteiger partial charge in [-0.15, -0.1) is 11.3 Å². The third-order valence-corrected chi connectivity index (χ3v) is 3.14. The van der Waals surface area contributed by atoms with Crippen molar-refractivity contribution < 1.29 is 27.9 Å². The van der Waals surface area contributed by atoms with Crippen LogP contribution >= 0.6 is 11.3 Å². The predicted molar refractivity (Wildman–Crippen MR) is 64.4 cm³/mol. The number of alkyl halides is 3. The Kier molecular flexibility index (Phi) is 5.31. The van der Waals surface area contributed by atoms with Crippen molar-refractivity contribution in [1.29, 1.82) is 0 Å². The summed E-state index contributed by atoms with van der Waals surface area (Å²) in [6, 6.07) is -3.31. The van der Waals surface area contributed by atoms with Crippen LogP contribution in [0.15, 0.2) is 5.38 Å². The third-order valence-electron chi connectivity index (χ3n) is 2.11. The van der Waals surface area contributed by atoms with Crippen molar-refractivity contribution >= 4 is 23.3 Å². The summed E-state index contributed by atoms with van der Waals surface area (Å²) >= 11 is 0.788. The van der Waals surface area contributed by atoms with Gasteiger partial charge in [0.25, 0.3) is 0 Å². The van der Waals surface area contributed by atoms with Crippen molar-refractivity contribution in [3.8, 4) is 0 Å². The summed E-state index contributed by atoms with van der Waals surface area (Å²) in [7, 11) is 0. The fraction of sp³-hybridized carbons (Fsp3) is 0.500. The number of amides is 2. The monoisotopic (exact) mass is 311 g/mol. The van der Waals surface area contributed by atoms with Crippen LogP contribution in [0.3, 0.4) is 0 Å². The standard InChI is InChI=1S/C10H12F3N3O3S/c1-5-4-20-8(15-5)7(10(11,12)13)16-9(19)14-3-2-6(17)18/h4,7H,2-3H2,1H3,(H,17,18)(H2,14,16,19). The zero-order chi connectivity index (χ0) is 15.3. The minimum Gasteiger partial charge on any atom is -0.481 e. The molecule has 3 N–H and O–H groups in total. The fourth-order valence-electron chi connectivity index (χ4n) is 1.25. The van der Waals surface area contributed by atoms with Crippen LogP contribution in [0.1, 0.15) is 23.2 Å². The van der Waals surface area contributed by atoms with Gasteiger partial charge in [0, 0.05) is 17.6 Å². The molecule has 1 aromatic rings. The van der Waals surface area contributed by atoms with Crippen LogP contribution in [0.5, 0.6) is 0 Å². The van der Waals surface area contributed by atoms with Crippen LogP contribution in [0.25, 0.3) is 0 Å². The van der Waals surface area contributed by atoms with Gasteiger partial charge in [-0.1, -0.05) is 0 Å². The summed E-state index contributed by atoms with van der Waals surface area (Å²) in [5.74, 6) is -1.16. The van der Waals surface area contributed by atoms with Crippen molar-refractivity contribution in [2.45, 2.75) is 25.6 Å². The van der Waals surface area contributed by atoms with E-state index in [1.54, 1.807) is 12.2 Å². The van der Waals surface area contributed by atoms with E-state index < -0.39 is 24.2 Å². The van der Waals surface area contributed by atoms with Crippen molar-refractivity contribution in [3.05, 3.63) is 16.1 Å². The van der Waals surface area contributed by atoms with E-state index in [0.29, 0.717) is 5.69 Å². The van der Waals surface area contributed by atoms with Gasteiger partial charge in [0.15, 0.2) is 6.04 Å². The summed E-state index contributed by atoms with van der Waals surface area (Å²) in [6.07, 6.45) is -5.06. The topological polar surface area (TPSA) is 91.3 Å². The Hall–Kier alpha value is -1.84. The second-order valence-electron chi connectivity index (χ2n) is 3.85. The molecule has 1 rings (SSSR count). The molecule has 0 radical (unpaired) electrons. The Morgan fingerprint density at radius 2 is 2.15 bits per heavy atom. The van der Waals surface area contributed by atoms with Crippen molar-refractivity contribution in [1.82, 2.24) is 15.6 Å². The predicted octanol–water partition coefficient (Wildman–Crippen LogP) is 1.83. The maximum atomic E-state index is 12.9.